The molecule has 3 N–H and O–H groups in total. The number of aliphatic hydroxyl groups is 1. The van der Waals surface area contributed by atoms with Crippen LogP contribution in [0.3, 0.4) is 0 Å². The summed E-state index contributed by atoms with van der Waals surface area (Å²) in [4.78, 5) is 5.82. The van der Waals surface area contributed by atoms with Crippen LogP contribution >= 0.6 is 46.9 Å². The highest BCUT2D eigenvalue weighted by Gasteiger charge is 2.08. The maximum Gasteiger partial charge on any atom is 0.191 e. The summed E-state index contributed by atoms with van der Waals surface area (Å²) in [6.07, 6.45) is -0.611. The van der Waals surface area contributed by atoms with Crippen molar-refractivity contribution in [3.63, 3.8) is 0 Å². The number of guanidine groups is 1. The third kappa shape index (κ3) is 6.58. The van der Waals surface area contributed by atoms with Gasteiger partial charge in [-0.15, -0.1) is 35.3 Å². The van der Waals surface area contributed by atoms with E-state index in [-0.39, 0.29) is 24.0 Å². The molecule has 0 spiro atoms. The number of thiophene rings is 1. The zero-order valence-corrected chi connectivity index (χ0v) is 17.7. The van der Waals surface area contributed by atoms with Crippen LogP contribution < -0.4 is 10.6 Å². The van der Waals surface area contributed by atoms with E-state index < -0.39 is 6.10 Å². The molecule has 0 aliphatic carbocycles. The second kappa shape index (κ2) is 10.9. The van der Waals surface area contributed by atoms with Crippen molar-refractivity contribution in [3.05, 3.63) is 56.7 Å². The molecule has 0 saturated heterocycles. The van der Waals surface area contributed by atoms with Crippen LogP contribution in [0, 0.1) is 6.92 Å². The van der Waals surface area contributed by atoms with Crippen molar-refractivity contribution in [2.45, 2.75) is 26.5 Å². The number of hydrogen-bond donors (Lipinski definition) is 3. The smallest absolute Gasteiger partial charge is 0.191 e. The molecule has 0 amide bonds. The van der Waals surface area contributed by atoms with Crippen LogP contribution in [0.25, 0.3) is 0 Å². The van der Waals surface area contributed by atoms with Crippen molar-refractivity contribution in [1.29, 1.82) is 0 Å². The van der Waals surface area contributed by atoms with Gasteiger partial charge in [0.05, 0.1) is 12.6 Å². The number of nitrogens with zero attached hydrogens (tertiary/aromatic N) is 1. The lowest BCUT2D eigenvalue weighted by Gasteiger charge is -2.15. The maximum absolute atomic E-state index is 10.2. The van der Waals surface area contributed by atoms with Gasteiger partial charge in [-0.1, -0.05) is 23.7 Å². The highest BCUT2D eigenvalue weighted by Crippen LogP contribution is 2.17. The molecule has 2 rings (SSSR count). The van der Waals surface area contributed by atoms with Gasteiger partial charge in [-0.2, -0.15) is 0 Å². The molecule has 4 nitrogen and oxygen atoms in total. The monoisotopic (exact) mass is 479 g/mol. The van der Waals surface area contributed by atoms with Gasteiger partial charge in [0.1, 0.15) is 0 Å². The Balaban J connectivity index is 0.00000288. The van der Waals surface area contributed by atoms with E-state index in [1.54, 1.807) is 23.5 Å². The third-order valence-electron chi connectivity index (χ3n) is 3.41. The first-order valence-corrected chi connectivity index (χ1v) is 8.84. The van der Waals surface area contributed by atoms with Gasteiger partial charge in [0, 0.05) is 23.0 Å². The Kier molecular flexibility index (Phi) is 9.65. The van der Waals surface area contributed by atoms with Crippen LogP contribution in [0.4, 0.5) is 0 Å². The quantitative estimate of drug-likeness (QED) is 0.332. The summed E-state index contributed by atoms with van der Waals surface area (Å²) < 4.78 is 0. The van der Waals surface area contributed by atoms with Crippen molar-refractivity contribution >= 4 is 52.9 Å². The van der Waals surface area contributed by atoms with Crippen molar-refractivity contribution in [2.24, 2.45) is 4.99 Å². The number of benzene rings is 1. The second-order valence-corrected chi connectivity index (χ2v) is 6.61. The molecule has 0 saturated carbocycles. The van der Waals surface area contributed by atoms with E-state index in [9.17, 15) is 5.11 Å². The van der Waals surface area contributed by atoms with Crippen LogP contribution in [0.2, 0.25) is 5.02 Å². The fourth-order valence-corrected chi connectivity index (χ4v) is 3.01. The maximum atomic E-state index is 10.2. The highest BCUT2D eigenvalue weighted by molar-refractivity contribution is 14.0. The number of nitrogens with one attached hydrogen (secondary N) is 2. The van der Waals surface area contributed by atoms with Crippen LogP contribution in [0.5, 0.6) is 0 Å². The predicted octanol–water partition coefficient (Wildman–Crippen LogP) is 4.12. The molecule has 0 aliphatic heterocycles. The Morgan fingerprint density at radius 1 is 1.25 bits per heavy atom. The summed E-state index contributed by atoms with van der Waals surface area (Å²) in [7, 11) is 0. The van der Waals surface area contributed by atoms with E-state index in [4.69, 9.17) is 11.6 Å². The molecule has 1 unspecified atom stereocenters. The zero-order valence-electron chi connectivity index (χ0n) is 13.8. The molecule has 0 fully saturated rings. The minimum atomic E-state index is -0.611. The molecule has 0 radical (unpaired) electrons. The fourth-order valence-electron chi connectivity index (χ4n) is 2.05. The number of hydrogen-bond acceptors (Lipinski definition) is 3. The van der Waals surface area contributed by atoms with E-state index in [1.165, 1.54) is 10.4 Å². The third-order valence-corrected chi connectivity index (χ3v) is 4.67. The van der Waals surface area contributed by atoms with Crippen LogP contribution in [-0.2, 0) is 6.54 Å². The normalized spacial score (nSPS) is 12.4. The Labute approximate surface area is 169 Å². The highest BCUT2D eigenvalue weighted by atomic mass is 127. The minimum absolute atomic E-state index is 0. The predicted molar refractivity (Wildman–Crippen MR) is 114 cm³/mol. The lowest BCUT2D eigenvalue weighted by atomic mass is 10.1. The molecule has 24 heavy (non-hydrogen) atoms. The molecule has 0 bridgehead atoms. The molecule has 7 heteroatoms. The van der Waals surface area contributed by atoms with E-state index >= 15 is 0 Å². The van der Waals surface area contributed by atoms with Crippen molar-refractivity contribution in [2.75, 3.05) is 13.1 Å². The number of aliphatic hydroxyl groups excluding tert-OH is 1. The first-order valence-electron chi connectivity index (χ1n) is 7.58. The van der Waals surface area contributed by atoms with Crippen LogP contribution in [0.15, 0.2) is 40.7 Å². The number of aryl methyl sites for hydroxylation is 1. The number of halogens is 2. The van der Waals surface area contributed by atoms with Gasteiger partial charge in [-0.25, -0.2) is 4.99 Å². The molecule has 132 valence electrons. The molecule has 2 aromatic rings. The van der Waals surface area contributed by atoms with Gasteiger partial charge in [0.2, 0.25) is 0 Å². The Morgan fingerprint density at radius 2 is 1.96 bits per heavy atom. The van der Waals surface area contributed by atoms with Gasteiger partial charge < -0.3 is 15.7 Å². The van der Waals surface area contributed by atoms with Crippen LogP contribution in [0.1, 0.15) is 29.0 Å². The minimum Gasteiger partial charge on any atom is -0.387 e. The van der Waals surface area contributed by atoms with Gasteiger partial charge in [0.25, 0.3) is 0 Å². The average Bonchev–Trinajstić information content (AvgIpc) is 2.95. The van der Waals surface area contributed by atoms with E-state index in [0.29, 0.717) is 24.1 Å². The Bertz CT molecular complexity index is 646. The second-order valence-electron chi connectivity index (χ2n) is 5.17. The van der Waals surface area contributed by atoms with Gasteiger partial charge in [-0.3, -0.25) is 0 Å². The summed E-state index contributed by atoms with van der Waals surface area (Å²) in [5, 5.41) is 19.3. The SMILES string of the molecule is CCNC(=NCc1sccc1C)NCC(O)c1ccc(Cl)cc1.I. The summed E-state index contributed by atoms with van der Waals surface area (Å²) in [5.74, 6) is 0.702. The lowest BCUT2D eigenvalue weighted by Crippen LogP contribution is -2.39. The lowest BCUT2D eigenvalue weighted by molar-refractivity contribution is 0.181. The number of rotatable bonds is 6. The summed E-state index contributed by atoms with van der Waals surface area (Å²) >= 11 is 7.57. The average molecular weight is 480 g/mol. The van der Waals surface area contributed by atoms with E-state index in [2.05, 4.69) is 34.0 Å². The molecule has 1 atom stereocenters. The van der Waals surface area contributed by atoms with Gasteiger partial charge >= 0.3 is 0 Å². The summed E-state index contributed by atoms with van der Waals surface area (Å²) in [6, 6.07) is 9.31. The molecule has 1 heterocycles. The number of aliphatic imine (C=N–C) groups is 1. The largest absolute Gasteiger partial charge is 0.387 e. The Morgan fingerprint density at radius 3 is 2.54 bits per heavy atom. The van der Waals surface area contributed by atoms with Gasteiger partial charge in [0.15, 0.2) is 5.96 Å². The molecular formula is C17H23ClIN3OS. The Hall–Kier alpha value is -0.830. The molecular weight excluding hydrogens is 457 g/mol. The molecule has 1 aromatic heterocycles. The standard InChI is InChI=1S/C17H22ClN3OS.HI/c1-3-19-17(21-11-16-12(2)8-9-23-16)20-10-15(22)13-4-6-14(18)7-5-13;/h4-9,15,22H,3,10-11H2,1-2H3,(H2,19,20,21);1H. The topological polar surface area (TPSA) is 56.7 Å². The van der Waals surface area contributed by atoms with Crippen molar-refractivity contribution < 1.29 is 5.11 Å². The van der Waals surface area contributed by atoms with Crippen molar-refractivity contribution in [3.8, 4) is 0 Å². The zero-order chi connectivity index (χ0) is 16.7. The fraction of sp³-hybridized carbons (Fsp3) is 0.353. The van der Waals surface area contributed by atoms with Crippen molar-refractivity contribution in [1.82, 2.24) is 10.6 Å². The summed E-state index contributed by atoms with van der Waals surface area (Å²) in [6.45, 7) is 5.90. The van der Waals surface area contributed by atoms with E-state index in [0.717, 1.165) is 12.1 Å². The first kappa shape index (κ1) is 21.2. The first-order chi connectivity index (χ1) is 11.1. The van der Waals surface area contributed by atoms with Crippen LogP contribution in [-0.4, -0.2) is 24.2 Å². The van der Waals surface area contributed by atoms with E-state index in [1.807, 2.05) is 19.1 Å². The molecule has 0 aliphatic rings. The van der Waals surface area contributed by atoms with Gasteiger partial charge in [-0.05, 0) is 48.6 Å². The molecule has 1 aromatic carbocycles. The summed E-state index contributed by atoms with van der Waals surface area (Å²) in [5.41, 5.74) is 2.09.